The Morgan fingerprint density at radius 2 is 1.62 bits per heavy atom. The maximum absolute atomic E-state index is 5.34. The fraction of sp³-hybridized carbons (Fsp3) is 0.185. The molecule has 5 aromatic rings. The summed E-state index contributed by atoms with van der Waals surface area (Å²) in [6.45, 7) is 6.82. The molecule has 0 saturated heterocycles. The molecule has 5 nitrogen and oxygen atoms in total. The molecule has 2 aromatic carbocycles. The van der Waals surface area contributed by atoms with Crippen molar-refractivity contribution in [2.24, 2.45) is 0 Å². The second-order valence-corrected chi connectivity index (χ2v) is 8.04. The van der Waals surface area contributed by atoms with Crippen LogP contribution in [-0.4, -0.2) is 14.5 Å². The minimum absolute atomic E-state index is 0.731. The molecule has 0 spiro atoms. The van der Waals surface area contributed by atoms with Gasteiger partial charge in [-0.15, -0.1) is 0 Å². The van der Waals surface area contributed by atoms with E-state index in [1.807, 2.05) is 19.9 Å². The van der Waals surface area contributed by atoms with Crippen LogP contribution in [0.4, 0.5) is 5.82 Å². The molecule has 0 unspecified atom stereocenters. The summed E-state index contributed by atoms with van der Waals surface area (Å²) in [5.74, 6) is 1.84. The number of imidazole rings is 1. The number of nitrogens with one attached hydrogen (secondary N) is 1. The molecule has 0 atom stereocenters. The van der Waals surface area contributed by atoms with E-state index in [0.717, 1.165) is 58.3 Å². The third-order valence-electron chi connectivity index (χ3n) is 5.87. The third kappa shape index (κ3) is 3.66. The second kappa shape index (κ2) is 8.35. The zero-order valence-electron chi connectivity index (χ0n) is 18.6. The Balaban J connectivity index is 1.56. The Morgan fingerprint density at radius 3 is 2.31 bits per heavy atom. The van der Waals surface area contributed by atoms with E-state index in [9.17, 15) is 0 Å². The van der Waals surface area contributed by atoms with Crippen molar-refractivity contribution in [2.45, 2.75) is 33.7 Å². The van der Waals surface area contributed by atoms with Gasteiger partial charge in [0.2, 0.25) is 0 Å². The number of pyridine rings is 1. The smallest absolute Gasteiger partial charge is 0.141 e. The van der Waals surface area contributed by atoms with Gasteiger partial charge in [-0.2, -0.15) is 0 Å². The SMILES string of the molecule is CCc1ccc2nc(-c3ccc(-c4c(C)noc4C)cc3)c(NCc3ccccc3)n2c1. The van der Waals surface area contributed by atoms with Crippen LogP contribution >= 0.6 is 0 Å². The topological polar surface area (TPSA) is 55.4 Å². The first-order valence-electron chi connectivity index (χ1n) is 11.0. The highest BCUT2D eigenvalue weighted by Crippen LogP contribution is 2.33. The molecule has 0 saturated carbocycles. The second-order valence-electron chi connectivity index (χ2n) is 8.04. The fourth-order valence-electron chi connectivity index (χ4n) is 4.14. The number of benzene rings is 2. The van der Waals surface area contributed by atoms with Crippen molar-refractivity contribution in [2.75, 3.05) is 5.32 Å². The van der Waals surface area contributed by atoms with E-state index in [-0.39, 0.29) is 0 Å². The first kappa shape index (κ1) is 20.1. The van der Waals surface area contributed by atoms with Gasteiger partial charge in [0.05, 0.1) is 5.69 Å². The zero-order valence-corrected chi connectivity index (χ0v) is 18.6. The summed E-state index contributed by atoms with van der Waals surface area (Å²) in [5.41, 5.74) is 8.51. The van der Waals surface area contributed by atoms with Gasteiger partial charge in [0, 0.05) is 23.9 Å². The van der Waals surface area contributed by atoms with E-state index in [0.29, 0.717) is 0 Å². The van der Waals surface area contributed by atoms with Crippen molar-refractivity contribution >= 4 is 11.5 Å². The van der Waals surface area contributed by atoms with Crippen molar-refractivity contribution < 1.29 is 4.52 Å². The average Bonchev–Trinajstić information content (AvgIpc) is 3.37. The molecule has 0 amide bonds. The summed E-state index contributed by atoms with van der Waals surface area (Å²) in [7, 11) is 0. The van der Waals surface area contributed by atoms with E-state index in [4.69, 9.17) is 9.51 Å². The van der Waals surface area contributed by atoms with Gasteiger partial charge in [0.1, 0.15) is 22.9 Å². The molecule has 0 bridgehead atoms. The van der Waals surface area contributed by atoms with Gasteiger partial charge in [0.15, 0.2) is 0 Å². The molecule has 0 aliphatic rings. The summed E-state index contributed by atoms with van der Waals surface area (Å²) in [5, 5.41) is 7.72. The molecule has 3 heterocycles. The van der Waals surface area contributed by atoms with Crippen LogP contribution in [0.15, 0.2) is 77.4 Å². The highest BCUT2D eigenvalue weighted by Gasteiger charge is 2.16. The number of nitrogens with zero attached hydrogens (tertiary/aromatic N) is 3. The van der Waals surface area contributed by atoms with E-state index >= 15 is 0 Å². The maximum atomic E-state index is 5.34. The Bertz CT molecular complexity index is 1350. The highest BCUT2D eigenvalue weighted by molar-refractivity contribution is 5.79. The lowest BCUT2D eigenvalue weighted by Crippen LogP contribution is -2.03. The number of fused-ring (bicyclic) bond motifs is 1. The predicted octanol–water partition coefficient (Wildman–Crippen LogP) is 6.45. The van der Waals surface area contributed by atoms with Crippen molar-refractivity contribution in [1.82, 2.24) is 14.5 Å². The molecule has 0 radical (unpaired) electrons. The summed E-state index contributed by atoms with van der Waals surface area (Å²) in [6.07, 6.45) is 3.16. The molecule has 32 heavy (non-hydrogen) atoms. The maximum Gasteiger partial charge on any atom is 0.141 e. The van der Waals surface area contributed by atoms with Crippen LogP contribution in [0.2, 0.25) is 0 Å². The Morgan fingerprint density at radius 1 is 0.875 bits per heavy atom. The molecular weight excluding hydrogens is 396 g/mol. The van der Waals surface area contributed by atoms with Crippen LogP contribution in [0.1, 0.15) is 29.5 Å². The lowest BCUT2D eigenvalue weighted by atomic mass is 10.0. The van der Waals surface area contributed by atoms with Crippen LogP contribution in [0.25, 0.3) is 28.0 Å². The van der Waals surface area contributed by atoms with E-state index in [2.05, 4.69) is 88.7 Å². The molecule has 5 heteroatoms. The van der Waals surface area contributed by atoms with Crippen LogP contribution < -0.4 is 5.32 Å². The van der Waals surface area contributed by atoms with E-state index < -0.39 is 0 Å². The van der Waals surface area contributed by atoms with Gasteiger partial charge in [-0.1, -0.05) is 72.7 Å². The lowest BCUT2D eigenvalue weighted by Gasteiger charge is -2.10. The lowest BCUT2D eigenvalue weighted by molar-refractivity contribution is 0.393. The molecule has 0 fully saturated rings. The number of hydrogen-bond acceptors (Lipinski definition) is 4. The Hall–Kier alpha value is -3.86. The molecule has 160 valence electrons. The van der Waals surface area contributed by atoms with Gasteiger partial charge in [-0.05, 0) is 43.0 Å². The summed E-state index contributed by atoms with van der Waals surface area (Å²) >= 11 is 0. The van der Waals surface area contributed by atoms with Gasteiger partial charge >= 0.3 is 0 Å². The minimum atomic E-state index is 0.731. The molecule has 0 aliphatic heterocycles. The predicted molar refractivity (Wildman–Crippen MR) is 129 cm³/mol. The average molecular weight is 423 g/mol. The van der Waals surface area contributed by atoms with Crippen LogP contribution in [0.5, 0.6) is 0 Å². The van der Waals surface area contributed by atoms with Gasteiger partial charge in [-0.25, -0.2) is 4.98 Å². The largest absolute Gasteiger partial charge is 0.365 e. The van der Waals surface area contributed by atoms with Crippen molar-refractivity contribution in [1.29, 1.82) is 0 Å². The third-order valence-corrected chi connectivity index (χ3v) is 5.87. The highest BCUT2D eigenvalue weighted by atomic mass is 16.5. The fourth-order valence-corrected chi connectivity index (χ4v) is 4.14. The van der Waals surface area contributed by atoms with E-state index in [1.165, 1.54) is 11.1 Å². The van der Waals surface area contributed by atoms with Crippen LogP contribution in [-0.2, 0) is 13.0 Å². The van der Waals surface area contributed by atoms with Gasteiger partial charge in [-0.3, -0.25) is 4.40 Å². The van der Waals surface area contributed by atoms with Crippen molar-refractivity contribution in [3.05, 3.63) is 95.5 Å². The van der Waals surface area contributed by atoms with Crippen LogP contribution in [0.3, 0.4) is 0 Å². The number of anilines is 1. The van der Waals surface area contributed by atoms with Gasteiger partial charge in [0.25, 0.3) is 0 Å². The normalized spacial score (nSPS) is 11.2. The van der Waals surface area contributed by atoms with Crippen molar-refractivity contribution in [3.8, 4) is 22.4 Å². The molecule has 1 N–H and O–H groups in total. The minimum Gasteiger partial charge on any atom is -0.365 e. The zero-order chi connectivity index (χ0) is 22.1. The number of hydrogen-bond donors (Lipinski definition) is 1. The Kier molecular flexibility index (Phi) is 5.23. The van der Waals surface area contributed by atoms with Crippen molar-refractivity contribution in [3.63, 3.8) is 0 Å². The van der Waals surface area contributed by atoms with Crippen LogP contribution in [0, 0.1) is 13.8 Å². The quantitative estimate of drug-likeness (QED) is 0.342. The first-order chi connectivity index (χ1) is 15.6. The molecule has 3 aromatic heterocycles. The number of aromatic nitrogens is 3. The molecular formula is C27H26N4O. The molecule has 0 aliphatic carbocycles. The summed E-state index contributed by atoms with van der Waals surface area (Å²) in [6, 6.07) is 23.1. The number of rotatable bonds is 6. The molecule has 5 rings (SSSR count). The summed E-state index contributed by atoms with van der Waals surface area (Å²) < 4.78 is 7.51. The number of aryl methyl sites for hydroxylation is 3. The summed E-state index contributed by atoms with van der Waals surface area (Å²) in [4.78, 5) is 4.97. The standard InChI is InChI=1S/C27H26N4O/c1-4-20-10-15-24-29-26(27(31(24)17-20)28-16-21-8-6-5-7-9-21)23-13-11-22(12-14-23)25-18(2)30-32-19(25)3/h5-15,17,28H,4,16H2,1-3H3. The Labute approximate surface area is 187 Å². The van der Waals surface area contributed by atoms with E-state index in [1.54, 1.807) is 0 Å². The first-order valence-corrected chi connectivity index (χ1v) is 11.0. The van der Waals surface area contributed by atoms with Gasteiger partial charge < -0.3 is 9.84 Å². The monoisotopic (exact) mass is 422 g/mol.